The lowest BCUT2D eigenvalue weighted by molar-refractivity contribution is 0.108. The molecule has 188 valence electrons. The van der Waals surface area contributed by atoms with Gasteiger partial charge >= 0.3 is 0 Å². The first kappa shape index (κ1) is 25.5. The van der Waals surface area contributed by atoms with Crippen LogP contribution >= 0.6 is 0 Å². The number of nitrogens with zero attached hydrogens (tertiary/aromatic N) is 3. The van der Waals surface area contributed by atoms with Crippen molar-refractivity contribution in [2.45, 2.75) is 32.4 Å². The van der Waals surface area contributed by atoms with Gasteiger partial charge in [0.25, 0.3) is 0 Å². The van der Waals surface area contributed by atoms with E-state index in [4.69, 9.17) is 14.6 Å². The van der Waals surface area contributed by atoms with Crippen LogP contribution in [0.2, 0.25) is 0 Å². The highest BCUT2D eigenvalue weighted by molar-refractivity contribution is 5.66. The third-order valence-electron chi connectivity index (χ3n) is 6.12. The van der Waals surface area contributed by atoms with E-state index in [9.17, 15) is 5.11 Å². The van der Waals surface area contributed by atoms with Crippen molar-refractivity contribution in [3.63, 3.8) is 0 Å². The second-order valence-corrected chi connectivity index (χ2v) is 8.95. The predicted octanol–water partition coefficient (Wildman–Crippen LogP) is 5.70. The molecule has 1 heterocycles. The van der Waals surface area contributed by atoms with Crippen LogP contribution in [0.25, 0.3) is 11.3 Å². The molecule has 0 saturated heterocycles. The average molecular weight is 486 g/mol. The minimum atomic E-state index is -0.477. The fourth-order valence-corrected chi connectivity index (χ4v) is 4.48. The Morgan fingerprint density at radius 3 is 2.22 bits per heavy atom. The number of benzene rings is 3. The van der Waals surface area contributed by atoms with Gasteiger partial charge in [-0.05, 0) is 37.1 Å². The van der Waals surface area contributed by atoms with Crippen LogP contribution in [0.5, 0.6) is 17.4 Å². The fraction of sp³-hybridized carbons (Fsp3) is 0.300. The van der Waals surface area contributed by atoms with Crippen LogP contribution in [-0.4, -0.2) is 46.1 Å². The van der Waals surface area contributed by atoms with Crippen molar-refractivity contribution < 1.29 is 14.6 Å². The molecule has 1 atom stereocenters. The summed E-state index contributed by atoms with van der Waals surface area (Å²) in [6.45, 7) is 4.16. The van der Waals surface area contributed by atoms with Gasteiger partial charge in [-0.15, -0.1) is 0 Å². The minimum Gasteiger partial charge on any atom is -0.493 e. The van der Waals surface area contributed by atoms with Gasteiger partial charge in [0.15, 0.2) is 11.5 Å². The van der Waals surface area contributed by atoms with Crippen LogP contribution in [0, 0.1) is 0 Å². The Morgan fingerprint density at radius 1 is 0.917 bits per heavy atom. The number of ether oxygens (including phenoxy) is 2. The first-order valence-corrected chi connectivity index (χ1v) is 12.5. The number of para-hydroxylation sites is 2. The van der Waals surface area contributed by atoms with Gasteiger partial charge in [0.1, 0.15) is 5.69 Å². The molecule has 0 aliphatic carbocycles. The van der Waals surface area contributed by atoms with Gasteiger partial charge in [-0.1, -0.05) is 79.7 Å². The monoisotopic (exact) mass is 485 g/mol. The number of aromatic nitrogens is 2. The number of hydrogen-bond donors (Lipinski definition) is 1. The van der Waals surface area contributed by atoms with Gasteiger partial charge in [-0.3, -0.25) is 4.90 Å². The van der Waals surface area contributed by atoms with Gasteiger partial charge < -0.3 is 14.6 Å². The van der Waals surface area contributed by atoms with Crippen molar-refractivity contribution in [3.8, 4) is 28.6 Å². The Labute approximate surface area is 213 Å². The maximum Gasteiger partial charge on any atom is 0.222 e. The van der Waals surface area contributed by atoms with Crippen LogP contribution in [0.15, 0.2) is 84.9 Å². The van der Waals surface area contributed by atoms with Crippen molar-refractivity contribution >= 4 is 0 Å². The lowest BCUT2D eigenvalue weighted by Gasteiger charge is -2.25. The van der Waals surface area contributed by atoms with Crippen molar-refractivity contribution in [1.82, 2.24) is 14.7 Å². The summed E-state index contributed by atoms with van der Waals surface area (Å²) in [5.74, 6) is 1.96. The molecule has 36 heavy (non-hydrogen) atoms. The number of aliphatic hydroxyl groups is 1. The van der Waals surface area contributed by atoms with Crippen LogP contribution < -0.4 is 9.47 Å². The molecular weight excluding hydrogens is 450 g/mol. The highest BCUT2D eigenvalue weighted by Crippen LogP contribution is 2.37. The average Bonchev–Trinajstić information content (AvgIpc) is 3.20. The lowest BCUT2D eigenvalue weighted by atomic mass is 10.1. The molecule has 0 saturated carbocycles. The van der Waals surface area contributed by atoms with Crippen molar-refractivity contribution in [3.05, 3.63) is 96.1 Å². The maximum atomic E-state index is 10.9. The second kappa shape index (κ2) is 12.4. The molecular formula is C30H35N3O3. The molecule has 0 aliphatic heterocycles. The van der Waals surface area contributed by atoms with Crippen LogP contribution in [0.3, 0.4) is 0 Å². The lowest BCUT2D eigenvalue weighted by Crippen LogP contribution is -2.34. The maximum absolute atomic E-state index is 10.9. The van der Waals surface area contributed by atoms with Crippen LogP contribution in [-0.2, 0) is 20.0 Å². The summed E-state index contributed by atoms with van der Waals surface area (Å²) in [5, 5.41) is 15.8. The topological polar surface area (TPSA) is 59.8 Å². The van der Waals surface area contributed by atoms with E-state index in [1.165, 1.54) is 0 Å². The molecule has 0 fully saturated rings. The zero-order valence-corrected chi connectivity index (χ0v) is 21.3. The zero-order chi connectivity index (χ0) is 25.3. The SMILES string of the molecule is CCCN(Cc1c(-c2ccccc2)nn(C)c1Oc1ccccc1OC)C[C@H](O)Cc1ccccc1. The third-order valence-corrected chi connectivity index (χ3v) is 6.12. The van der Waals surface area contributed by atoms with E-state index >= 15 is 0 Å². The van der Waals surface area contributed by atoms with Crippen LogP contribution in [0.1, 0.15) is 24.5 Å². The van der Waals surface area contributed by atoms with Gasteiger partial charge in [0.05, 0.1) is 18.8 Å². The largest absolute Gasteiger partial charge is 0.493 e. The van der Waals surface area contributed by atoms with E-state index in [1.54, 1.807) is 11.8 Å². The molecule has 0 amide bonds. The van der Waals surface area contributed by atoms with Gasteiger partial charge in [-0.25, -0.2) is 4.68 Å². The summed E-state index contributed by atoms with van der Waals surface area (Å²) in [6.07, 6.45) is 1.11. The molecule has 6 nitrogen and oxygen atoms in total. The van der Waals surface area contributed by atoms with Crippen molar-refractivity contribution in [1.29, 1.82) is 0 Å². The summed E-state index contributed by atoms with van der Waals surface area (Å²) in [5.41, 5.74) is 4.02. The molecule has 0 bridgehead atoms. The fourth-order valence-electron chi connectivity index (χ4n) is 4.48. The highest BCUT2D eigenvalue weighted by atomic mass is 16.5. The number of rotatable bonds is 12. The van der Waals surface area contributed by atoms with Gasteiger partial charge in [0, 0.05) is 25.7 Å². The first-order valence-electron chi connectivity index (χ1n) is 12.5. The Kier molecular flexibility index (Phi) is 8.76. The molecule has 0 aliphatic rings. The predicted molar refractivity (Wildman–Crippen MR) is 143 cm³/mol. The minimum absolute atomic E-state index is 0.477. The van der Waals surface area contributed by atoms with E-state index in [1.807, 2.05) is 67.7 Å². The molecule has 4 aromatic rings. The molecule has 0 radical (unpaired) electrons. The Hall–Kier alpha value is -3.61. The standard InChI is InChI=1S/C30H35N3O3/c1-4-19-33(21-25(34)20-23-13-7-5-8-14-23)22-26-29(24-15-9-6-10-16-24)31-32(2)30(26)36-28-18-12-11-17-27(28)35-3/h5-18,25,34H,4,19-22H2,1-3H3/t25-/m1/s1. The number of aryl methyl sites for hydroxylation is 1. The molecule has 0 unspecified atom stereocenters. The summed E-state index contributed by atoms with van der Waals surface area (Å²) < 4.78 is 13.7. The van der Waals surface area contributed by atoms with E-state index in [-0.39, 0.29) is 0 Å². The number of hydrogen-bond acceptors (Lipinski definition) is 5. The molecule has 3 aromatic carbocycles. The Bertz CT molecular complexity index is 1220. The smallest absolute Gasteiger partial charge is 0.222 e. The van der Waals surface area contributed by atoms with E-state index in [0.717, 1.165) is 35.3 Å². The van der Waals surface area contributed by atoms with Crippen LogP contribution in [0.4, 0.5) is 0 Å². The van der Waals surface area contributed by atoms with Crippen molar-refractivity contribution in [2.24, 2.45) is 7.05 Å². The zero-order valence-electron chi connectivity index (χ0n) is 21.3. The third kappa shape index (κ3) is 6.33. The summed E-state index contributed by atoms with van der Waals surface area (Å²) >= 11 is 0. The summed E-state index contributed by atoms with van der Waals surface area (Å²) in [7, 11) is 3.54. The second-order valence-electron chi connectivity index (χ2n) is 8.95. The molecule has 1 aromatic heterocycles. The highest BCUT2D eigenvalue weighted by Gasteiger charge is 2.24. The van der Waals surface area contributed by atoms with Gasteiger partial charge in [0.2, 0.25) is 5.88 Å². The van der Waals surface area contributed by atoms with Gasteiger partial charge in [-0.2, -0.15) is 5.10 Å². The van der Waals surface area contributed by atoms with E-state index in [0.29, 0.717) is 36.9 Å². The van der Waals surface area contributed by atoms with E-state index in [2.05, 4.69) is 36.1 Å². The molecule has 1 N–H and O–H groups in total. The normalized spacial score (nSPS) is 12.0. The number of methoxy groups -OCH3 is 1. The molecule has 0 spiro atoms. The number of aliphatic hydroxyl groups excluding tert-OH is 1. The van der Waals surface area contributed by atoms with E-state index < -0.39 is 6.10 Å². The van der Waals surface area contributed by atoms with Crippen molar-refractivity contribution in [2.75, 3.05) is 20.2 Å². The summed E-state index contributed by atoms with van der Waals surface area (Å²) in [6, 6.07) is 27.9. The molecule has 6 heteroatoms. The summed E-state index contributed by atoms with van der Waals surface area (Å²) in [4.78, 5) is 2.28. The quantitative estimate of drug-likeness (QED) is 0.279. The molecule has 4 rings (SSSR count). The first-order chi connectivity index (χ1) is 17.6. The Morgan fingerprint density at radius 2 is 1.56 bits per heavy atom. The Balaban J connectivity index is 1.66.